The van der Waals surface area contributed by atoms with Gasteiger partial charge in [0.05, 0.1) is 12.2 Å². The van der Waals surface area contributed by atoms with Crippen LogP contribution in [-0.2, 0) is 23.3 Å². The number of thiophene rings is 1. The van der Waals surface area contributed by atoms with Gasteiger partial charge >= 0.3 is 0 Å². The molecule has 0 bridgehead atoms. The smallest absolute Gasteiger partial charge is 0.254 e. The molecule has 1 spiro atoms. The minimum absolute atomic E-state index is 0.0587. The van der Waals surface area contributed by atoms with E-state index in [-0.39, 0.29) is 17.1 Å². The summed E-state index contributed by atoms with van der Waals surface area (Å²) in [4.78, 5) is 28.0. The predicted octanol–water partition coefficient (Wildman–Crippen LogP) is 2.63. The summed E-state index contributed by atoms with van der Waals surface area (Å²) in [6, 6.07) is 5.37. The third kappa shape index (κ3) is 2.83. The van der Waals surface area contributed by atoms with Crippen LogP contribution >= 0.6 is 11.3 Å². The van der Waals surface area contributed by atoms with Gasteiger partial charge in [0.2, 0.25) is 0 Å². The van der Waals surface area contributed by atoms with Gasteiger partial charge in [0, 0.05) is 48.8 Å². The maximum absolute atomic E-state index is 12.8. The molecular formula is C19H22N2O3S. The number of piperidine rings is 1. The molecule has 2 aliphatic heterocycles. The zero-order valence-corrected chi connectivity index (χ0v) is 15.2. The fraction of sp³-hybridized carbons (Fsp3) is 0.474. The van der Waals surface area contributed by atoms with Crippen molar-refractivity contribution >= 4 is 17.2 Å². The molecule has 0 unspecified atom stereocenters. The van der Waals surface area contributed by atoms with E-state index in [1.54, 1.807) is 28.2 Å². The summed E-state index contributed by atoms with van der Waals surface area (Å²) in [5.74, 6) is -0.0587. The molecule has 4 rings (SSSR count). The topological polar surface area (TPSA) is 51.5 Å². The highest BCUT2D eigenvalue weighted by Gasteiger charge is 2.42. The van der Waals surface area contributed by atoms with Gasteiger partial charge in [-0.25, -0.2) is 0 Å². The Balaban J connectivity index is 1.50. The number of likely N-dealkylation sites (tertiary alicyclic amines) is 1. The minimum Gasteiger partial charge on any atom is -0.370 e. The maximum atomic E-state index is 12.8. The van der Waals surface area contributed by atoms with Gasteiger partial charge in [-0.05, 0) is 42.8 Å². The van der Waals surface area contributed by atoms with Gasteiger partial charge in [0.25, 0.3) is 11.5 Å². The van der Waals surface area contributed by atoms with Gasteiger partial charge in [-0.3, -0.25) is 9.59 Å². The summed E-state index contributed by atoms with van der Waals surface area (Å²) in [7, 11) is 0. The van der Waals surface area contributed by atoms with E-state index in [1.165, 1.54) is 16.5 Å². The number of nitrogens with zero attached hydrogens (tertiary/aromatic N) is 2. The Morgan fingerprint density at radius 1 is 1.32 bits per heavy atom. The summed E-state index contributed by atoms with van der Waals surface area (Å²) in [6.07, 6.45) is 4.32. The Morgan fingerprint density at radius 3 is 2.84 bits per heavy atom. The molecule has 1 amide bonds. The lowest BCUT2D eigenvalue weighted by molar-refractivity contribution is -0.0926. The Labute approximate surface area is 150 Å². The molecule has 0 radical (unpaired) electrons. The van der Waals surface area contributed by atoms with Crippen molar-refractivity contribution in [2.45, 2.75) is 38.3 Å². The molecule has 0 atom stereocenters. The number of carbonyl (C=O) groups excluding carboxylic acids is 1. The van der Waals surface area contributed by atoms with Gasteiger partial charge in [0.15, 0.2) is 0 Å². The summed E-state index contributed by atoms with van der Waals surface area (Å²) in [5, 5.41) is 2.14. The number of aryl methyl sites for hydroxylation is 1. The minimum atomic E-state index is -0.226. The van der Waals surface area contributed by atoms with E-state index in [9.17, 15) is 9.59 Å². The van der Waals surface area contributed by atoms with Crippen LogP contribution in [-0.4, -0.2) is 35.1 Å². The number of rotatable bonds is 2. The van der Waals surface area contributed by atoms with E-state index in [1.807, 2.05) is 11.8 Å². The molecule has 132 valence electrons. The van der Waals surface area contributed by atoms with Crippen molar-refractivity contribution in [3.8, 4) is 0 Å². The van der Waals surface area contributed by atoms with Crippen molar-refractivity contribution in [3.63, 3.8) is 0 Å². The third-order valence-corrected chi connectivity index (χ3v) is 6.37. The molecular weight excluding hydrogens is 336 g/mol. The van der Waals surface area contributed by atoms with Gasteiger partial charge in [-0.1, -0.05) is 0 Å². The Kier molecular flexibility index (Phi) is 4.25. The van der Waals surface area contributed by atoms with E-state index in [4.69, 9.17) is 4.74 Å². The van der Waals surface area contributed by atoms with Gasteiger partial charge < -0.3 is 14.2 Å². The van der Waals surface area contributed by atoms with E-state index >= 15 is 0 Å². The zero-order chi connectivity index (χ0) is 17.4. The highest BCUT2D eigenvalue weighted by Crippen LogP contribution is 2.43. The summed E-state index contributed by atoms with van der Waals surface area (Å²) >= 11 is 1.80. The number of pyridine rings is 1. The molecule has 0 saturated carbocycles. The largest absolute Gasteiger partial charge is 0.370 e. The van der Waals surface area contributed by atoms with E-state index in [0.717, 1.165) is 25.9 Å². The molecule has 0 aliphatic carbocycles. The number of carbonyl (C=O) groups is 1. The van der Waals surface area contributed by atoms with Crippen LogP contribution in [0, 0.1) is 0 Å². The zero-order valence-electron chi connectivity index (χ0n) is 14.4. The summed E-state index contributed by atoms with van der Waals surface area (Å²) in [5.41, 5.74) is 1.45. The highest BCUT2D eigenvalue weighted by molar-refractivity contribution is 7.10. The first-order chi connectivity index (χ1) is 12.1. The van der Waals surface area contributed by atoms with Crippen LogP contribution < -0.4 is 5.56 Å². The molecule has 0 aromatic carbocycles. The van der Waals surface area contributed by atoms with Crippen LogP contribution in [0.3, 0.4) is 0 Å². The average Bonchev–Trinajstić information content (AvgIpc) is 3.12. The van der Waals surface area contributed by atoms with Crippen molar-refractivity contribution in [3.05, 3.63) is 56.1 Å². The molecule has 4 heterocycles. The highest BCUT2D eigenvalue weighted by atomic mass is 32.1. The molecule has 25 heavy (non-hydrogen) atoms. The van der Waals surface area contributed by atoms with Crippen molar-refractivity contribution in [1.82, 2.24) is 9.47 Å². The van der Waals surface area contributed by atoms with Crippen molar-refractivity contribution in [2.24, 2.45) is 0 Å². The molecule has 1 saturated heterocycles. The van der Waals surface area contributed by atoms with Crippen LogP contribution in [0.15, 0.2) is 34.6 Å². The summed E-state index contributed by atoms with van der Waals surface area (Å²) < 4.78 is 7.78. The number of fused-ring (bicyclic) bond motifs is 2. The third-order valence-electron chi connectivity index (χ3n) is 5.39. The monoisotopic (exact) mass is 358 g/mol. The standard InChI is InChI=1S/C19H22N2O3S/c1-2-20-8-3-14(13-17(20)22)18(23)21-9-6-19(7-10-21)15-5-12-25-16(15)4-11-24-19/h3,5,8,12-13H,2,4,6-7,9-11H2,1H3. The first-order valence-electron chi connectivity index (χ1n) is 8.83. The molecule has 2 aromatic heterocycles. The van der Waals surface area contributed by atoms with Crippen molar-refractivity contribution in [2.75, 3.05) is 19.7 Å². The van der Waals surface area contributed by atoms with E-state index in [0.29, 0.717) is 25.2 Å². The second kappa shape index (κ2) is 6.42. The quantitative estimate of drug-likeness (QED) is 0.829. The fourth-order valence-electron chi connectivity index (χ4n) is 3.93. The number of hydrogen-bond acceptors (Lipinski definition) is 4. The maximum Gasteiger partial charge on any atom is 0.254 e. The molecule has 2 aliphatic rings. The lowest BCUT2D eigenvalue weighted by atomic mass is 9.82. The second-order valence-electron chi connectivity index (χ2n) is 6.68. The van der Waals surface area contributed by atoms with Gasteiger partial charge in [-0.15, -0.1) is 11.3 Å². The Morgan fingerprint density at radius 2 is 2.12 bits per heavy atom. The predicted molar refractivity (Wildman–Crippen MR) is 97.2 cm³/mol. The first-order valence-corrected chi connectivity index (χ1v) is 9.71. The van der Waals surface area contributed by atoms with Crippen LogP contribution in [0.1, 0.15) is 40.6 Å². The van der Waals surface area contributed by atoms with Gasteiger partial charge in [-0.2, -0.15) is 0 Å². The Bertz CT molecular complexity index is 846. The SMILES string of the molecule is CCn1ccc(C(=O)N2CCC3(CC2)OCCc2sccc23)cc1=O. The van der Waals surface area contributed by atoms with Gasteiger partial charge in [0.1, 0.15) is 0 Å². The molecule has 0 N–H and O–H groups in total. The lowest BCUT2D eigenvalue weighted by Crippen LogP contribution is -2.48. The van der Waals surface area contributed by atoms with Crippen LogP contribution in [0.5, 0.6) is 0 Å². The Hall–Kier alpha value is -1.92. The van der Waals surface area contributed by atoms with Crippen molar-refractivity contribution < 1.29 is 9.53 Å². The molecule has 1 fully saturated rings. The normalized spacial score (nSPS) is 19.0. The second-order valence-corrected chi connectivity index (χ2v) is 7.68. The molecule has 2 aromatic rings. The number of hydrogen-bond donors (Lipinski definition) is 0. The fourth-order valence-corrected chi connectivity index (χ4v) is 4.88. The lowest BCUT2D eigenvalue weighted by Gasteiger charge is -2.44. The molecule has 6 heteroatoms. The van der Waals surface area contributed by atoms with E-state index in [2.05, 4.69) is 11.4 Å². The average molecular weight is 358 g/mol. The number of aromatic nitrogens is 1. The number of amides is 1. The summed E-state index contributed by atoms with van der Waals surface area (Å²) in [6.45, 7) is 4.60. The van der Waals surface area contributed by atoms with Crippen molar-refractivity contribution in [1.29, 1.82) is 0 Å². The van der Waals surface area contributed by atoms with Crippen LogP contribution in [0.25, 0.3) is 0 Å². The van der Waals surface area contributed by atoms with E-state index < -0.39 is 0 Å². The molecule has 5 nitrogen and oxygen atoms in total. The first kappa shape index (κ1) is 16.5. The number of ether oxygens (including phenoxy) is 1. The van der Waals surface area contributed by atoms with Crippen LogP contribution in [0.2, 0.25) is 0 Å². The van der Waals surface area contributed by atoms with Crippen LogP contribution in [0.4, 0.5) is 0 Å².